The number of amides is 3. The highest BCUT2D eigenvalue weighted by molar-refractivity contribution is 5.95. The Morgan fingerprint density at radius 2 is 1.82 bits per heavy atom. The van der Waals surface area contributed by atoms with Gasteiger partial charge in [-0.3, -0.25) is 9.59 Å². The molecule has 0 heterocycles. The van der Waals surface area contributed by atoms with Gasteiger partial charge in [0.25, 0.3) is 5.91 Å². The topological polar surface area (TPSA) is 122 Å². The molecular weight excluding hydrogens is 286 g/mol. The van der Waals surface area contributed by atoms with Crippen LogP contribution in [0.15, 0.2) is 24.3 Å². The number of nitrogens with one attached hydrogen (secondary N) is 2. The fraction of sp³-hybridized carbons (Fsp3) is 0.400. The van der Waals surface area contributed by atoms with Crippen molar-refractivity contribution in [3.63, 3.8) is 0 Å². The van der Waals surface area contributed by atoms with Crippen LogP contribution in [0.3, 0.4) is 0 Å². The standard InChI is InChI=1S/C15H19N3O4/c16-14(22)17-9-10-2-4-11(5-3-10)13(21)18-15(6-1-7-15)8-12(19)20/h2-5H,1,6-9H2,(H,18,21)(H,19,20)(H3,16,17,22). The second kappa shape index (κ2) is 6.46. The fourth-order valence-electron chi connectivity index (χ4n) is 2.52. The van der Waals surface area contributed by atoms with Gasteiger partial charge in [-0.15, -0.1) is 0 Å². The molecular formula is C15H19N3O4. The molecule has 22 heavy (non-hydrogen) atoms. The van der Waals surface area contributed by atoms with Crippen LogP contribution in [0.5, 0.6) is 0 Å². The molecule has 1 saturated carbocycles. The number of carboxylic acids is 1. The van der Waals surface area contributed by atoms with E-state index in [0.29, 0.717) is 24.9 Å². The highest BCUT2D eigenvalue weighted by Crippen LogP contribution is 2.35. The summed E-state index contributed by atoms with van der Waals surface area (Å²) in [6.07, 6.45) is 2.24. The Morgan fingerprint density at radius 1 is 1.18 bits per heavy atom. The van der Waals surface area contributed by atoms with Gasteiger partial charge >= 0.3 is 12.0 Å². The molecule has 1 aliphatic carbocycles. The van der Waals surface area contributed by atoms with Crippen LogP contribution in [-0.4, -0.2) is 28.6 Å². The summed E-state index contributed by atoms with van der Waals surface area (Å²) < 4.78 is 0. The van der Waals surface area contributed by atoms with Crippen molar-refractivity contribution >= 4 is 17.9 Å². The van der Waals surface area contributed by atoms with Crippen LogP contribution in [-0.2, 0) is 11.3 Å². The second-order valence-electron chi connectivity index (χ2n) is 5.57. The Morgan fingerprint density at radius 3 is 2.27 bits per heavy atom. The van der Waals surface area contributed by atoms with Gasteiger partial charge in [0.2, 0.25) is 0 Å². The minimum absolute atomic E-state index is 0.0562. The van der Waals surface area contributed by atoms with Crippen molar-refractivity contribution in [2.24, 2.45) is 5.73 Å². The number of primary amides is 1. The van der Waals surface area contributed by atoms with Crippen LogP contribution in [0.4, 0.5) is 4.79 Å². The highest BCUT2D eigenvalue weighted by Gasteiger charge is 2.40. The molecule has 1 fully saturated rings. The Bertz CT molecular complexity index is 579. The maximum absolute atomic E-state index is 12.2. The normalized spacial score (nSPS) is 15.5. The average molecular weight is 305 g/mol. The van der Waals surface area contributed by atoms with E-state index in [1.54, 1.807) is 24.3 Å². The van der Waals surface area contributed by atoms with E-state index in [-0.39, 0.29) is 12.3 Å². The van der Waals surface area contributed by atoms with E-state index in [2.05, 4.69) is 10.6 Å². The SMILES string of the molecule is NC(=O)NCc1ccc(C(=O)NC2(CC(=O)O)CCC2)cc1. The van der Waals surface area contributed by atoms with Crippen molar-refractivity contribution in [1.82, 2.24) is 10.6 Å². The lowest BCUT2D eigenvalue weighted by Gasteiger charge is -2.41. The van der Waals surface area contributed by atoms with Gasteiger partial charge in [-0.05, 0) is 37.0 Å². The number of urea groups is 1. The van der Waals surface area contributed by atoms with Gasteiger partial charge < -0.3 is 21.5 Å². The van der Waals surface area contributed by atoms with E-state index < -0.39 is 17.5 Å². The summed E-state index contributed by atoms with van der Waals surface area (Å²) in [4.78, 5) is 33.8. The Labute approximate surface area is 127 Å². The molecule has 1 aromatic carbocycles. The number of carbonyl (C=O) groups excluding carboxylic acids is 2. The van der Waals surface area contributed by atoms with Gasteiger partial charge in [0.15, 0.2) is 0 Å². The minimum atomic E-state index is -0.909. The second-order valence-corrected chi connectivity index (χ2v) is 5.57. The van der Waals surface area contributed by atoms with E-state index in [4.69, 9.17) is 10.8 Å². The molecule has 0 atom stereocenters. The van der Waals surface area contributed by atoms with E-state index in [1.807, 2.05) is 0 Å². The first-order valence-corrected chi connectivity index (χ1v) is 7.07. The Balaban J connectivity index is 1.97. The molecule has 2 rings (SSSR count). The van der Waals surface area contributed by atoms with Crippen molar-refractivity contribution in [3.05, 3.63) is 35.4 Å². The van der Waals surface area contributed by atoms with Crippen molar-refractivity contribution in [2.45, 2.75) is 37.8 Å². The summed E-state index contributed by atoms with van der Waals surface area (Å²) in [7, 11) is 0. The van der Waals surface area contributed by atoms with Crippen LogP contribution in [0, 0.1) is 0 Å². The molecule has 1 aromatic rings. The monoisotopic (exact) mass is 305 g/mol. The van der Waals surface area contributed by atoms with Crippen molar-refractivity contribution in [3.8, 4) is 0 Å². The molecule has 0 aliphatic heterocycles. The van der Waals surface area contributed by atoms with Gasteiger partial charge in [0, 0.05) is 12.1 Å². The minimum Gasteiger partial charge on any atom is -0.481 e. The Kier molecular flexibility index (Phi) is 4.65. The van der Waals surface area contributed by atoms with Gasteiger partial charge in [-0.25, -0.2) is 4.79 Å². The number of rotatable bonds is 6. The first kappa shape index (κ1) is 15.8. The third-order valence-corrected chi connectivity index (χ3v) is 3.86. The summed E-state index contributed by atoms with van der Waals surface area (Å²) >= 11 is 0. The highest BCUT2D eigenvalue weighted by atomic mass is 16.4. The van der Waals surface area contributed by atoms with E-state index in [9.17, 15) is 14.4 Å². The first-order valence-electron chi connectivity index (χ1n) is 7.07. The maximum atomic E-state index is 12.2. The number of benzene rings is 1. The molecule has 0 radical (unpaired) electrons. The number of aliphatic carboxylic acids is 1. The molecule has 0 unspecified atom stereocenters. The maximum Gasteiger partial charge on any atom is 0.312 e. The number of hydrogen-bond acceptors (Lipinski definition) is 3. The van der Waals surface area contributed by atoms with Crippen molar-refractivity contribution < 1.29 is 19.5 Å². The lowest BCUT2D eigenvalue weighted by Crippen LogP contribution is -2.54. The van der Waals surface area contributed by atoms with Crippen LogP contribution in [0.2, 0.25) is 0 Å². The third kappa shape index (κ3) is 3.97. The summed E-state index contributed by atoms with van der Waals surface area (Å²) in [5.74, 6) is -1.19. The number of carboxylic acid groups (broad SMARTS) is 1. The summed E-state index contributed by atoms with van der Waals surface area (Å²) in [6, 6.07) is 6.11. The zero-order valence-electron chi connectivity index (χ0n) is 12.1. The van der Waals surface area contributed by atoms with Crippen molar-refractivity contribution in [2.75, 3.05) is 0 Å². The zero-order valence-corrected chi connectivity index (χ0v) is 12.1. The van der Waals surface area contributed by atoms with Gasteiger partial charge in [-0.1, -0.05) is 12.1 Å². The third-order valence-electron chi connectivity index (χ3n) is 3.86. The molecule has 0 aromatic heterocycles. The van der Waals surface area contributed by atoms with E-state index >= 15 is 0 Å². The van der Waals surface area contributed by atoms with E-state index in [1.165, 1.54) is 0 Å². The lowest BCUT2D eigenvalue weighted by molar-refractivity contribution is -0.139. The molecule has 3 amide bonds. The van der Waals surface area contributed by atoms with Crippen molar-refractivity contribution in [1.29, 1.82) is 0 Å². The predicted molar refractivity (Wildman–Crippen MR) is 79.2 cm³/mol. The number of hydrogen-bond donors (Lipinski definition) is 4. The Hall–Kier alpha value is -2.57. The predicted octanol–water partition coefficient (Wildman–Crippen LogP) is 0.982. The summed E-state index contributed by atoms with van der Waals surface area (Å²) in [5.41, 5.74) is 5.65. The van der Waals surface area contributed by atoms with Gasteiger partial charge in [-0.2, -0.15) is 0 Å². The van der Waals surface area contributed by atoms with Crippen LogP contribution >= 0.6 is 0 Å². The summed E-state index contributed by atoms with van der Waals surface area (Å²) in [5, 5.41) is 14.2. The molecule has 0 saturated heterocycles. The first-order chi connectivity index (χ1) is 10.4. The van der Waals surface area contributed by atoms with Gasteiger partial charge in [0.1, 0.15) is 0 Å². The smallest absolute Gasteiger partial charge is 0.312 e. The van der Waals surface area contributed by atoms with Crippen LogP contribution < -0.4 is 16.4 Å². The zero-order chi connectivity index (χ0) is 16.2. The summed E-state index contributed by atoms with van der Waals surface area (Å²) in [6.45, 7) is 0.292. The fourth-order valence-corrected chi connectivity index (χ4v) is 2.52. The molecule has 0 bridgehead atoms. The molecule has 1 aliphatic rings. The number of nitrogens with two attached hydrogens (primary N) is 1. The molecule has 5 N–H and O–H groups in total. The molecule has 0 spiro atoms. The van der Waals surface area contributed by atoms with E-state index in [0.717, 1.165) is 12.0 Å². The quantitative estimate of drug-likeness (QED) is 0.626. The molecule has 7 nitrogen and oxygen atoms in total. The largest absolute Gasteiger partial charge is 0.481 e. The van der Waals surface area contributed by atoms with Crippen LogP contribution in [0.1, 0.15) is 41.6 Å². The molecule has 118 valence electrons. The average Bonchev–Trinajstić information content (AvgIpc) is 2.42. The molecule has 7 heteroatoms. The lowest BCUT2D eigenvalue weighted by atomic mass is 9.74. The van der Waals surface area contributed by atoms with Crippen LogP contribution in [0.25, 0.3) is 0 Å². The van der Waals surface area contributed by atoms with Gasteiger partial charge in [0.05, 0.1) is 12.0 Å². The number of carbonyl (C=O) groups is 3.